The van der Waals surface area contributed by atoms with E-state index in [0.29, 0.717) is 6.04 Å². The second-order valence-electron chi connectivity index (χ2n) is 5.85. The Morgan fingerprint density at radius 2 is 2.35 bits per heavy atom. The number of rotatable bonds is 4. The maximum Gasteiger partial charge on any atom is 0.160 e. The molecule has 2 aromatic heterocycles. The Morgan fingerprint density at radius 3 is 3.10 bits per heavy atom. The van der Waals surface area contributed by atoms with Gasteiger partial charge < -0.3 is 5.32 Å². The zero-order valence-electron chi connectivity index (χ0n) is 12.1. The summed E-state index contributed by atoms with van der Waals surface area (Å²) in [5, 5.41) is 7.73. The van der Waals surface area contributed by atoms with Crippen LogP contribution in [0.15, 0.2) is 23.0 Å². The van der Waals surface area contributed by atoms with Crippen LogP contribution in [0.1, 0.15) is 31.5 Å². The van der Waals surface area contributed by atoms with Gasteiger partial charge in [0.2, 0.25) is 0 Å². The Morgan fingerprint density at radius 1 is 1.45 bits per heavy atom. The Bertz CT molecular complexity index is 563. The highest BCUT2D eigenvalue weighted by atomic mass is 32.1. The normalized spacial score (nSPS) is 18.2. The van der Waals surface area contributed by atoms with E-state index >= 15 is 0 Å². The number of aryl methyl sites for hydroxylation is 1. The van der Waals surface area contributed by atoms with Crippen molar-refractivity contribution in [3.63, 3.8) is 0 Å². The van der Waals surface area contributed by atoms with Crippen molar-refractivity contribution in [1.29, 1.82) is 0 Å². The van der Waals surface area contributed by atoms with E-state index in [0.717, 1.165) is 36.7 Å². The van der Waals surface area contributed by atoms with Gasteiger partial charge in [0.15, 0.2) is 5.82 Å². The van der Waals surface area contributed by atoms with Gasteiger partial charge in [0, 0.05) is 28.9 Å². The van der Waals surface area contributed by atoms with Gasteiger partial charge in [-0.2, -0.15) is 11.3 Å². The number of fused-ring (bicyclic) bond motifs is 1. The van der Waals surface area contributed by atoms with Crippen LogP contribution in [0.5, 0.6) is 0 Å². The van der Waals surface area contributed by atoms with Crippen LogP contribution < -0.4 is 5.32 Å². The molecule has 1 atom stereocenters. The lowest BCUT2D eigenvalue weighted by atomic mass is 9.87. The first-order valence-electron chi connectivity index (χ1n) is 7.33. The van der Waals surface area contributed by atoms with Crippen LogP contribution in [0.2, 0.25) is 0 Å². The van der Waals surface area contributed by atoms with Crippen molar-refractivity contribution in [2.24, 2.45) is 5.92 Å². The van der Waals surface area contributed by atoms with Crippen molar-refractivity contribution in [2.45, 2.75) is 39.2 Å². The number of thiophene rings is 1. The van der Waals surface area contributed by atoms with E-state index < -0.39 is 0 Å². The van der Waals surface area contributed by atoms with Gasteiger partial charge in [0.25, 0.3) is 0 Å². The van der Waals surface area contributed by atoms with E-state index in [1.165, 1.54) is 17.7 Å². The quantitative estimate of drug-likeness (QED) is 0.937. The first-order chi connectivity index (χ1) is 9.72. The minimum atomic E-state index is 0.564. The van der Waals surface area contributed by atoms with E-state index in [-0.39, 0.29) is 0 Å². The highest BCUT2D eigenvalue weighted by Crippen LogP contribution is 2.26. The van der Waals surface area contributed by atoms with E-state index in [4.69, 9.17) is 4.98 Å². The topological polar surface area (TPSA) is 37.8 Å². The predicted molar refractivity (Wildman–Crippen MR) is 84.0 cm³/mol. The lowest BCUT2D eigenvalue weighted by Crippen LogP contribution is -2.32. The van der Waals surface area contributed by atoms with Crippen molar-refractivity contribution >= 4 is 11.3 Å². The van der Waals surface area contributed by atoms with Gasteiger partial charge >= 0.3 is 0 Å². The van der Waals surface area contributed by atoms with Crippen molar-refractivity contribution in [1.82, 2.24) is 15.3 Å². The van der Waals surface area contributed by atoms with E-state index in [1.807, 2.05) is 6.20 Å². The zero-order valence-corrected chi connectivity index (χ0v) is 12.9. The minimum Gasteiger partial charge on any atom is -0.314 e. The van der Waals surface area contributed by atoms with Crippen molar-refractivity contribution in [2.75, 3.05) is 6.54 Å². The number of aromatic nitrogens is 2. The molecule has 0 radical (unpaired) electrons. The molecule has 2 aromatic rings. The largest absolute Gasteiger partial charge is 0.314 e. The van der Waals surface area contributed by atoms with E-state index in [9.17, 15) is 0 Å². The highest BCUT2D eigenvalue weighted by Gasteiger charge is 2.20. The number of hydrogen-bond donors (Lipinski definition) is 1. The third-order valence-electron chi connectivity index (χ3n) is 3.85. The summed E-state index contributed by atoms with van der Waals surface area (Å²) < 4.78 is 0. The maximum atomic E-state index is 4.76. The predicted octanol–water partition coefficient (Wildman–Crippen LogP) is 3.31. The molecule has 3 rings (SSSR count). The Kier molecular flexibility index (Phi) is 4.13. The average molecular weight is 287 g/mol. The molecule has 0 amide bonds. The summed E-state index contributed by atoms with van der Waals surface area (Å²) in [4.78, 5) is 9.30. The minimum absolute atomic E-state index is 0.564. The molecule has 20 heavy (non-hydrogen) atoms. The first kappa shape index (κ1) is 13.7. The molecule has 1 aliphatic carbocycles. The highest BCUT2D eigenvalue weighted by molar-refractivity contribution is 7.08. The standard InChI is InChI=1S/C16H21N3S/c1-11(2)17-8-12-3-4-15-14(7-12)9-18-16(19-15)13-5-6-20-10-13/h5-6,9-12,17H,3-4,7-8H2,1-2H3. The van der Waals surface area contributed by atoms with E-state index in [2.05, 4.69) is 41.0 Å². The molecule has 1 aliphatic rings. The Labute approximate surface area is 124 Å². The van der Waals surface area contributed by atoms with Crippen LogP contribution in [0, 0.1) is 5.92 Å². The lowest BCUT2D eigenvalue weighted by Gasteiger charge is -2.25. The van der Waals surface area contributed by atoms with Gasteiger partial charge in [0.1, 0.15) is 0 Å². The molecular formula is C16H21N3S. The average Bonchev–Trinajstić information content (AvgIpc) is 2.98. The van der Waals surface area contributed by atoms with Gasteiger partial charge in [-0.1, -0.05) is 13.8 Å². The van der Waals surface area contributed by atoms with Crippen LogP contribution in [0.25, 0.3) is 11.4 Å². The smallest absolute Gasteiger partial charge is 0.160 e. The Balaban J connectivity index is 1.72. The first-order valence-corrected chi connectivity index (χ1v) is 8.27. The third-order valence-corrected chi connectivity index (χ3v) is 4.53. The van der Waals surface area contributed by atoms with Crippen molar-refractivity contribution < 1.29 is 0 Å². The molecule has 1 N–H and O–H groups in total. The molecule has 0 saturated heterocycles. The summed E-state index contributed by atoms with van der Waals surface area (Å²) >= 11 is 1.69. The van der Waals surface area contributed by atoms with Gasteiger partial charge in [0.05, 0.1) is 0 Å². The second-order valence-corrected chi connectivity index (χ2v) is 6.63. The molecule has 106 valence electrons. The summed E-state index contributed by atoms with van der Waals surface area (Å²) in [5.41, 5.74) is 3.73. The molecule has 0 bridgehead atoms. The van der Waals surface area contributed by atoms with Gasteiger partial charge in [-0.3, -0.25) is 0 Å². The van der Waals surface area contributed by atoms with Crippen LogP contribution in [0.4, 0.5) is 0 Å². The Hall–Kier alpha value is -1.26. The van der Waals surface area contributed by atoms with Crippen molar-refractivity contribution in [3.8, 4) is 11.4 Å². The zero-order chi connectivity index (χ0) is 13.9. The van der Waals surface area contributed by atoms with Gasteiger partial charge in [-0.05, 0) is 48.7 Å². The summed E-state index contributed by atoms with van der Waals surface area (Å²) in [6, 6.07) is 2.65. The summed E-state index contributed by atoms with van der Waals surface area (Å²) in [5.74, 6) is 1.60. The van der Waals surface area contributed by atoms with Gasteiger partial charge in [-0.25, -0.2) is 9.97 Å². The molecule has 1 unspecified atom stereocenters. The second kappa shape index (κ2) is 6.02. The number of nitrogens with one attached hydrogen (secondary N) is 1. The molecule has 0 aromatic carbocycles. The molecule has 2 heterocycles. The number of nitrogens with zero attached hydrogens (tertiary/aromatic N) is 2. The molecular weight excluding hydrogens is 266 g/mol. The number of hydrogen-bond acceptors (Lipinski definition) is 4. The van der Waals surface area contributed by atoms with Crippen LogP contribution >= 0.6 is 11.3 Å². The summed E-state index contributed by atoms with van der Waals surface area (Å²) in [6.45, 7) is 5.50. The molecule has 0 saturated carbocycles. The molecule has 4 heteroatoms. The lowest BCUT2D eigenvalue weighted by molar-refractivity contribution is 0.403. The molecule has 0 spiro atoms. The maximum absolute atomic E-state index is 4.76. The van der Waals surface area contributed by atoms with Crippen LogP contribution in [-0.4, -0.2) is 22.6 Å². The van der Waals surface area contributed by atoms with E-state index in [1.54, 1.807) is 11.3 Å². The van der Waals surface area contributed by atoms with Crippen LogP contribution in [-0.2, 0) is 12.8 Å². The third kappa shape index (κ3) is 3.07. The fraction of sp³-hybridized carbons (Fsp3) is 0.500. The summed E-state index contributed by atoms with van der Waals surface area (Å²) in [6.07, 6.45) is 5.46. The molecule has 0 aliphatic heterocycles. The monoisotopic (exact) mass is 287 g/mol. The van der Waals surface area contributed by atoms with Crippen LogP contribution in [0.3, 0.4) is 0 Å². The summed E-state index contributed by atoms with van der Waals surface area (Å²) in [7, 11) is 0. The molecule has 3 nitrogen and oxygen atoms in total. The molecule has 0 fully saturated rings. The van der Waals surface area contributed by atoms with Gasteiger partial charge in [-0.15, -0.1) is 0 Å². The fourth-order valence-corrected chi connectivity index (χ4v) is 3.32. The SMILES string of the molecule is CC(C)NCC1CCc2nc(-c3ccsc3)ncc2C1. The fourth-order valence-electron chi connectivity index (χ4n) is 2.69. The van der Waals surface area contributed by atoms with Crippen molar-refractivity contribution in [3.05, 3.63) is 34.3 Å².